The molecule has 9 nitrogen and oxygen atoms in total. The van der Waals surface area contributed by atoms with Crippen molar-refractivity contribution in [2.45, 2.75) is 26.5 Å². The van der Waals surface area contributed by atoms with Gasteiger partial charge in [0, 0.05) is 29.3 Å². The highest BCUT2D eigenvalue weighted by molar-refractivity contribution is 6.31. The minimum absolute atomic E-state index is 0.0188. The van der Waals surface area contributed by atoms with Gasteiger partial charge in [0.1, 0.15) is 30.0 Å². The van der Waals surface area contributed by atoms with E-state index in [-0.39, 0.29) is 17.4 Å². The predicted octanol–water partition coefficient (Wildman–Crippen LogP) is 5.19. The van der Waals surface area contributed by atoms with Crippen LogP contribution >= 0.6 is 11.6 Å². The summed E-state index contributed by atoms with van der Waals surface area (Å²) in [5, 5.41) is 7.98. The molecule has 0 aliphatic heterocycles. The highest BCUT2D eigenvalue weighted by Gasteiger charge is 2.21. The fourth-order valence-electron chi connectivity index (χ4n) is 4.18. The lowest BCUT2D eigenvalue weighted by Gasteiger charge is -2.20. The van der Waals surface area contributed by atoms with Crippen molar-refractivity contribution >= 4 is 28.4 Å². The SMILES string of the molecule is Cc1cc(-c2ncnn2C)c2cccc(OCc3c(Cl)cc(F)cc3[C@H](C)NC(=O)c3cnco3)c2n1. The van der Waals surface area contributed by atoms with Crippen molar-refractivity contribution in [2.24, 2.45) is 7.05 Å². The number of rotatable bonds is 7. The van der Waals surface area contributed by atoms with Crippen LogP contribution in [0.4, 0.5) is 4.39 Å². The number of oxazole rings is 1. The molecule has 3 heterocycles. The molecule has 37 heavy (non-hydrogen) atoms. The largest absolute Gasteiger partial charge is 0.487 e. The van der Waals surface area contributed by atoms with E-state index < -0.39 is 17.8 Å². The maximum atomic E-state index is 14.3. The number of benzene rings is 2. The zero-order valence-electron chi connectivity index (χ0n) is 20.2. The van der Waals surface area contributed by atoms with Crippen molar-refractivity contribution in [1.29, 1.82) is 0 Å². The van der Waals surface area contributed by atoms with Gasteiger partial charge in [-0.25, -0.2) is 24.0 Å². The third kappa shape index (κ3) is 4.88. The van der Waals surface area contributed by atoms with E-state index in [1.807, 2.05) is 32.2 Å². The molecule has 1 atom stereocenters. The van der Waals surface area contributed by atoms with Crippen molar-refractivity contribution in [3.8, 4) is 17.1 Å². The Kier molecular flexibility index (Phi) is 6.58. The van der Waals surface area contributed by atoms with Gasteiger partial charge in [0.25, 0.3) is 5.91 Å². The summed E-state index contributed by atoms with van der Waals surface area (Å²) >= 11 is 6.44. The van der Waals surface area contributed by atoms with Crippen LogP contribution < -0.4 is 10.1 Å². The van der Waals surface area contributed by atoms with E-state index in [1.54, 1.807) is 17.7 Å². The third-order valence-corrected chi connectivity index (χ3v) is 6.26. The zero-order valence-corrected chi connectivity index (χ0v) is 21.0. The number of para-hydroxylation sites is 1. The molecule has 0 saturated heterocycles. The first kappa shape index (κ1) is 24.4. The van der Waals surface area contributed by atoms with Crippen molar-refractivity contribution < 1.29 is 18.3 Å². The number of halogens is 2. The van der Waals surface area contributed by atoms with Crippen LogP contribution in [0.25, 0.3) is 22.3 Å². The second kappa shape index (κ2) is 9.98. The van der Waals surface area contributed by atoms with E-state index in [0.717, 1.165) is 23.0 Å². The number of pyridine rings is 1. The van der Waals surface area contributed by atoms with E-state index in [2.05, 4.69) is 20.4 Å². The molecule has 2 aromatic carbocycles. The molecule has 1 amide bonds. The first-order chi connectivity index (χ1) is 17.8. The minimum Gasteiger partial charge on any atom is -0.487 e. The van der Waals surface area contributed by atoms with Crippen LogP contribution in [-0.2, 0) is 13.7 Å². The molecule has 0 unspecified atom stereocenters. The Morgan fingerprint density at radius 2 is 2.14 bits per heavy atom. The van der Waals surface area contributed by atoms with Crippen LogP contribution in [0.2, 0.25) is 5.02 Å². The summed E-state index contributed by atoms with van der Waals surface area (Å²) in [4.78, 5) is 25.3. The van der Waals surface area contributed by atoms with Gasteiger partial charge in [-0.2, -0.15) is 5.10 Å². The monoisotopic (exact) mass is 520 g/mol. The molecule has 1 N–H and O–H groups in total. The molecule has 0 saturated carbocycles. The molecule has 0 fully saturated rings. The number of amides is 1. The van der Waals surface area contributed by atoms with Crippen molar-refractivity contribution in [1.82, 2.24) is 30.0 Å². The van der Waals surface area contributed by atoms with Gasteiger partial charge in [-0.05, 0) is 43.7 Å². The maximum absolute atomic E-state index is 14.3. The van der Waals surface area contributed by atoms with Crippen molar-refractivity contribution in [2.75, 3.05) is 0 Å². The molecular weight excluding hydrogens is 499 g/mol. The van der Waals surface area contributed by atoms with E-state index in [4.69, 9.17) is 25.7 Å². The number of nitrogens with zero attached hydrogens (tertiary/aromatic N) is 5. The summed E-state index contributed by atoms with van der Waals surface area (Å²) in [6.45, 7) is 3.63. The third-order valence-electron chi connectivity index (χ3n) is 5.92. The Morgan fingerprint density at radius 3 is 2.86 bits per heavy atom. The topological polar surface area (TPSA) is 108 Å². The van der Waals surface area contributed by atoms with Crippen LogP contribution in [0.1, 0.15) is 40.3 Å². The molecule has 11 heteroatoms. The van der Waals surface area contributed by atoms with Crippen LogP contribution in [0.15, 0.2) is 59.7 Å². The van der Waals surface area contributed by atoms with E-state index in [1.165, 1.54) is 24.7 Å². The highest BCUT2D eigenvalue weighted by Crippen LogP contribution is 2.34. The quantitative estimate of drug-likeness (QED) is 0.314. The minimum atomic E-state index is -0.597. The normalized spacial score (nSPS) is 12.0. The fourth-order valence-corrected chi connectivity index (χ4v) is 4.45. The van der Waals surface area contributed by atoms with Gasteiger partial charge in [-0.3, -0.25) is 4.79 Å². The Balaban J connectivity index is 1.48. The molecule has 0 aliphatic rings. The average Bonchev–Trinajstić information content (AvgIpc) is 3.55. The number of ether oxygens (including phenoxy) is 1. The number of fused-ring (bicyclic) bond motifs is 1. The molecule has 0 bridgehead atoms. The van der Waals surface area contributed by atoms with Gasteiger partial charge < -0.3 is 14.5 Å². The van der Waals surface area contributed by atoms with Crippen LogP contribution in [-0.4, -0.2) is 30.6 Å². The van der Waals surface area contributed by atoms with Gasteiger partial charge in [0.05, 0.1) is 17.3 Å². The molecule has 5 rings (SSSR count). The van der Waals surface area contributed by atoms with Gasteiger partial charge >= 0.3 is 0 Å². The van der Waals surface area contributed by atoms with Gasteiger partial charge in [0.2, 0.25) is 5.76 Å². The number of carbonyl (C=O) groups is 1. The average molecular weight is 521 g/mol. The molecule has 3 aromatic heterocycles. The number of hydrogen-bond acceptors (Lipinski definition) is 7. The van der Waals surface area contributed by atoms with E-state index >= 15 is 0 Å². The molecule has 188 valence electrons. The van der Waals surface area contributed by atoms with E-state index in [9.17, 15) is 9.18 Å². The fraction of sp³-hybridized carbons (Fsp3) is 0.192. The number of aryl methyl sites for hydroxylation is 2. The number of aromatic nitrogens is 5. The maximum Gasteiger partial charge on any atom is 0.289 e. The second-order valence-corrected chi connectivity index (χ2v) is 8.88. The second-order valence-electron chi connectivity index (χ2n) is 8.48. The highest BCUT2D eigenvalue weighted by atomic mass is 35.5. The lowest BCUT2D eigenvalue weighted by Crippen LogP contribution is -2.27. The summed E-state index contributed by atoms with van der Waals surface area (Å²) in [5.74, 6) is 0.257. The Morgan fingerprint density at radius 1 is 1.30 bits per heavy atom. The summed E-state index contributed by atoms with van der Waals surface area (Å²) in [5.41, 5.74) is 3.31. The van der Waals surface area contributed by atoms with Crippen LogP contribution in [0.3, 0.4) is 0 Å². The summed E-state index contributed by atoms with van der Waals surface area (Å²) in [7, 11) is 1.82. The lowest BCUT2D eigenvalue weighted by atomic mass is 10.0. The van der Waals surface area contributed by atoms with Gasteiger partial charge in [0.15, 0.2) is 12.2 Å². The first-order valence-electron chi connectivity index (χ1n) is 11.4. The number of carbonyl (C=O) groups excluding carboxylic acids is 1. The summed E-state index contributed by atoms with van der Waals surface area (Å²) < 4.78 is 27.3. The van der Waals surface area contributed by atoms with Crippen LogP contribution in [0.5, 0.6) is 5.75 Å². The first-order valence-corrected chi connectivity index (χ1v) is 11.7. The Labute approximate surface area is 216 Å². The molecule has 0 radical (unpaired) electrons. The summed E-state index contributed by atoms with van der Waals surface area (Å²) in [6, 6.07) is 9.50. The van der Waals surface area contributed by atoms with Gasteiger partial charge in [-0.1, -0.05) is 23.7 Å². The predicted molar refractivity (Wildman–Crippen MR) is 135 cm³/mol. The smallest absolute Gasteiger partial charge is 0.289 e. The zero-order chi connectivity index (χ0) is 26.1. The lowest BCUT2D eigenvalue weighted by molar-refractivity contribution is 0.0911. The Bertz CT molecular complexity index is 1600. The number of hydrogen-bond donors (Lipinski definition) is 1. The molecule has 0 aliphatic carbocycles. The van der Waals surface area contributed by atoms with Crippen molar-refractivity contribution in [3.63, 3.8) is 0 Å². The molecular formula is C26H22ClFN6O3. The Hall–Kier alpha value is -4.31. The summed E-state index contributed by atoms with van der Waals surface area (Å²) in [6.07, 6.45) is 3.96. The number of nitrogens with one attached hydrogen (secondary N) is 1. The molecule has 0 spiro atoms. The van der Waals surface area contributed by atoms with Crippen LogP contribution in [0, 0.1) is 12.7 Å². The van der Waals surface area contributed by atoms with Crippen molar-refractivity contribution in [3.05, 3.63) is 88.7 Å². The standard InChI is InChI=1S/C26H22ClFN6O3/c1-14-7-19(25-30-12-31-34(25)3)17-5-4-6-22(24(17)32-14)36-11-20-18(8-16(28)9-21(20)27)15(2)33-26(35)23-10-29-13-37-23/h4-10,12-13,15H,11H2,1-3H3,(H,33,35)/t15-/m0/s1. The van der Waals surface area contributed by atoms with Gasteiger partial charge in [-0.15, -0.1) is 0 Å². The van der Waals surface area contributed by atoms with E-state index in [0.29, 0.717) is 28.2 Å². The molecule has 5 aromatic rings.